The molecule has 1 nitrogen and oxygen atoms in total. The number of hydrogen-bond donors (Lipinski definition) is 1. The molecule has 1 saturated carbocycles. The van der Waals surface area contributed by atoms with E-state index < -0.39 is 0 Å². The summed E-state index contributed by atoms with van der Waals surface area (Å²) in [6, 6.07) is 0. The van der Waals surface area contributed by atoms with Crippen molar-refractivity contribution in [3.8, 4) is 0 Å². The van der Waals surface area contributed by atoms with E-state index >= 15 is 0 Å². The minimum atomic E-state index is -0.284. The van der Waals surface area contributed by atoms with Crippen molar-refractivity contribution in [2.75, 3.05) is 0 Å². The lowest BCUT2D eigenvalue weighted by Crippen LogP contribution is -1.91. The molecule has 0 aromatic heterocycles. The van der Waals surface area contributed by atoms with Gasteiger partial charge in [0, 0.05) is 0 Å². The maximum absolute atomic E-state index is 9.10. The van der Waals surface area contributed by atoms with Crippen LogP contribution in [0.15, 0.2) is 24.3 Å². The smallest absolute Gasteiger partial charge is 0.0692 e. The lowest BCUT2D eigenvalue weighted by Gasteiger charge is -1.96. The predicted octanol–water partition coefficient (Wildman–Crippen LogP) is 4.48. The van der Waals surface area contributed by atoms with Crippen LogP contribution in [0, 0.1) is 11.8 Å². The van der Waals surface area contributed by atoms with E-state index in [1.54, 1.807) is 0 Å². The van der Waals surface area contributed by atoms with Gasteiger partial charge in [0.2, 0.25) is 0 Å². The fourth-order valence-corrected chi connectivity index (χ4v) is 2.27. The molecule has 17 heavy (non-hydrogen) atoms. The maximum Gasteiger partial charge on any atom is 0.0692 e. The minimum Gasteiger partial charge on any atom is -0.389 e. The zero-order valence-corrected chi connectivity index (χ0v) is 11.4. The quantitative estimate of drug-likeness (QED) is 0.462. The third-order valence-corrected chi connectivity index (χ3v) is 3.52. The molecule has 1 fully saturated rings. The van der Waals surface area contributed by atoms with E-state index in [-0.39, 0.29) is 6.10 Å². The van der Waals surface area contributed by atoms with Gasteiger partial charge in [0.15, 0.2) is 0 Å². The Kier molecular flexibility index (Phi) is 7.27. The van der Waals surface area contributed by atoms with E-state index in [1.807, 2.05) is 13.0 Å². The zero-order valence-electron chi connectivity index (χ0n) is 11.4. The summed E-state index contributed by atoms with van der Waals surface area (Å²) < 4.78 is 0. The number of hydrogen-bond acceptors (Lipinski definition) is 1. The van der Waals surface area contributed by atoms with Gasteiger partial charge in [0.1, 0.15) is 0 Å². The van der Waals surface area contributed by atoms with Gasteiger partial charge >= 0.3 is 0 Å². The van der Waals surface area contributed by atoms with Crippen LogP contribution >= 0.6 is 0 Å². The van der Waals surface area contributed by atoms with Crippen LogP contribution in [-0.2, 0) is 0 Å². The molecule has 0 aromatic carbocycles. The topological polar surface area (TPSA) is 20.2 Å². The molecular weight excluding hydrogens is 208 g/mol. The summed E-state index contributed by atoms with van der Waals surface area (Å²) in [5.74, 6) is 1.85. The molecule has 0 aromatic rings. The first kappa shape index (κ1) is 14.5. The van der Waals surface area contributed by atoms with Crippen molar-refractivity contribution in [3.05, 3.63) is 24.3 Å². The van der Waals surface area contributed by atoms with Crippen molar-refractivity contribution >= 4 is 0 Å². The highest BCUT2D eigenvalue weighted by Crippen LogP contribution is 2.44. The van der Waals surface area contributed by atoms with Crippen LogP contribution in [0.4, 0.5) is 0 Å². The minimum absolute atomic E-state index is 0.284. The summed E-state index contributed by atoms with van der Waals surface area (Å²) in [7, 11) is 0. The monoisotopic (exact) mass is 236 g/mol. The molecule has 98 valence electrons. The van der Waals surface area contributed by atoms with E-state index in [1.165, 1.54) is 38.5 Å². The molecule has 0 bridgehead atoms. The Hall–Kier alpha value is -0.560. The van der Waals surface area contributed by atoms with Crippen molar-refractivity contribution in [3.63, 3.8) is 0 Å². The number of unbranched alkanes of at least 4 members (excludes halogenated alkanes) is 2. The summed E-state index contributed by atoms with van der Waals surface area (Å²) in [6.45, 7) is 4.05. The third kappa shape index (κ3) is 7.38. The predicted molar refractivity (Wildman–Crippen MR) is 74.9 cm³/mol. The molecule has 3 atom stereocenters. The Labute approximate surface area is 107 Å². The highest BCUT2D eigenvalue weighted by Gasteiger charge is 2.34. The molecule has 0 radical (unpaired) electrons. The van der Waals surface area contributed by atoms with Gasteiger partial charge < -0.3 is 5.11 Å². The van der Waals surface area contributed by atoms with Gasteiger partial charge in [-0.25, -0.2) is 0 Å². The molecule has 1 N–H and O–H groups in total. The van der Waals surface area contributed by atoms with Crippen LogP contribution in [0.3, 0.4) is 0 Å². The molecule has 1 heteroatoms. The SMILES string of the molecule is CCCC/C=C\CC[C@@H]1C[C@@H]1C/C=C/[C@@H](C)O. The normalized spacial score (nSPS) is 25.8. The fraction of sp³-hybridized carbons (Fsp3) is 0.750. The van der Waals surface area contributed by atoms with E-state index in [0.29, 0.717) is 0 Å². The van der Waals surface area contributed by atoms with Crippen LogP contribution in [0.1, 0.15) is 58.8 Å². The Bertz CT molecular complexity index is 240. The Morgan fingerprint density at radius 2 is 1.94 bits per heavy atom. The summed E-state index contributed by atoms with van der Waals surface area (Å²) in [6.07, 6.45) is 17.5. The summed E-state index contributed by atoms with van der Waals surface area (Å²) in [5.41, 5.74) is 0. The lowest BCUT2D eigenvalue weighted by molar-refractivity contribution is 0.243. The van der Waals surface area contributed by atoms with Gasteiger partial charge in [-0.3, -0.25) is 0 Å². The largest absolute Gasteiger partial charge is 0.389 e. The Morgan fingerprint density at radius 3 is 2.65 bits per heavy atom. The molecular formula is C16H28O. The van der Waals surface area contributed by atoms with Crippen molar-refractivity contribution in [2.24, 2.45) is 11.8 Å². The molecule has 1 aliphatic carbocycles. The van der Waals surface area contributed by atoms with E-state index in [9.17, 15) is 0 Å². The van der Waals surface area contributed by atoms with Crippen molar-refractivity contribution in [1.29, 1.82) is 0 Å². The van der Waals surface area contributed by atoms with Crippen molar-refractivity contribution in [1.82, 2.24) is 0 Å². The molecule has 0 unspecified atom stereocenters. The van der Waals surface area contributed by atoms with Crippen LogP contribution in [0.5, 0.6) is 0 Å². The van der Waals surface area contributed by atoms with Gasteiger partial charge in [-0.1, -0.05) is 44.1 Å². The summed E-state index contributed by atoms with van der Waals surface area (Å²) >= 11 is 0. The zero-order chi connectivity index (χ0) is 12.5. The first-order chi connectivity index (χ1) is 8.24. The average molecular weight is 236 g/mol. The molecule has 0 heterocycles. The average Bonchev–Trinajstić information content (AvgIpc) is 3.01. The fourth-order valence-electron chi connectivity index (χ4n) is 2.27. The van der Waals surface area contributed by atoms with Crippen LogP contribution in [-0.4, -0.2) is 11.2 Å². The number of aliphatic hydroxyl groups excluding tert-OH is 1. The molecule has 1 rings (SSSR count). The molecule has 0 saturated heterocycles. The van der Waals surface area contributed by atoms with Crippen molar-refractivity contribution in [2.45, 2.75) is 64.9 Å². The van der Waals surface area contributed by atoms with Crippen LogP contribution in [0.2, 0.25) is 0 Å². The molecule has 0 amide bonds. The van der Waals surface area contributed by atoms with E-state index in [0.717, 1.165) is 18.3 Å². The van der Waals surface area contributed by atoms with E-state index in [2.05, 4.69) is 25.2 Å². The number of rotatable bonds is 9. The maximum atomic E-state index is 9.10. The number of aliphatic hydroxyl groups is 1. The second-order valence-electron chi connectivity index (χ2n) is 5.35. The van der Waals surface area contributed by atoms with Gasteiger partial charge in [-0.05, 0) is 50.9 Å². The Balaban J connectivity index is 1.95. The van der Waals surface area contributed by atoms with Gasteiger partial charge in [-0.2, -0.15) is 0 Å². The van der Waals surface area contributed by atoms with Gasteiger partial charge in [0.05, 0.1) is 6.10 Å². The second-order valence-corrected chi connectivity index (χ2v) is 5.35. The highest BCUT2D eigenvalue weighted by molar-refractivity contribution is 4.96. The molecule has 1 aliphatic rings. The first-order valence-corrected chi connectivity index (χ1v) is 7.23. The van der Waals surface area contributed by atoms with Crippen molar-refractivity contribution < 1.29 is 5.11 Å². The number of allylic oxidation sites excluding steroid dienone is 3. The molecule has 0 spiro atoms. The third-order valence-electron chi connectivity index (χ3n) is 3.52. The van der Waals surface area contributed by atoms with Gasteiger partial charge in [-0.15, -0.1) is 0 Å². The van der Waals surface area contributed by atoms with Crippen LogP contribution < -0.4 is 0 Å². The second kappa shape index (κ2) is 8.52. The van der Waals surface area contributed by atoms with E-state index in [4.69, 9.17) is 5.11 Å². The van der Waals surface area contributed by atoms with Crippen LogP contribution in [0.25, 0.3) is 0 Å². The Morgan fingerprint density at radius 1 is 1.18 bits per heavy atom. The lowest BCUT2D eigenvalue weighted by atomic mass is 10.1. The summed E-state index contributed by atoms with van der Waals surface area (Å²) in [4.78, 5) is 0. The highest BCUT2D eigenvalue weighted by atomic mass is 16.3. The standard InChI is InChI=1S/C16H28O/c1-3-4-5-6-7-8-11-15-13-16(15)12-9-10-14(2)17/h6-7,9-10,14-17H,3-5,8,11-13H2,1-2H3/b7-6-,10-9+/t14-,15-,16+/m1/s1. The summed E-state index contributed by atoms with van der Waals surface area (Å²) in [5, 5.41) is 9.10. The molecule has 0 aliphatic heterocycles. The first-order valence-electron chi connectivity index (χ1n) is 7.23. The van der Waals surface area contributed by atoms with Gasteiger partial charge in [0.25, 0.3) is 0 Å².